The molecule has 3 rings (SSSR count). The number of ether oxygens (including phenoxy) is 1. The Morgan fingerprint density at radius 3 is 2.18 bits per heavy atom. The summed E-state index contributed by atoms with van der Waals surface area (Å²) >= 11 is 5.26. The number of hydrogen-bond acceptors (Lipinski definition) is 4. The molecule has 5 nitrogen and oxygen atoms in total. The van der Waals surface area contributed by atoms with E-state index in [2.05, 4.69) is 16.0 Å². The molecule has 0 radical (unpaired) electrons. The number of nitrogens with one attached hydrogen (secondary N) is 3. The number of rotatable bonds is 6. The van der Waals surface area contributed by atoms with Gasteiger partial charge in [-0.25, -0.2) is 0 Å². The van der Waals surface area contributed by atoms with Crippen molar-refractivity contribution in [2.45, 2.75) is 6.92 Å². The second-order valence-corrected chi connectivity index (χ2v) is 6.31. The van der Waals surface area contributed by atoms with E-state index in [1.165, 1.54) is 0 Å². The van der Waals surface area contributed by atoms with E-state index in [-0.39, 0.29) is 11.0 Å². The predicted molar refractivity (Wildman–Crippen MR) is 117 cm³/mol. The predicted octanol–water partition coefficient (Wildman–Crippen LogP) is 4.96. The van der Waals surface area contributed by atoms with Gasteiger partial charge in [0, 0.05) is 17.1 Å². The van der Waals surface area contributed by atoms with Crippen molar-refractivity contribution in [1.29, 1.82) is 0 Å². The second kappa shape index (κ2) is 9.53. The van der Waals surface area contributed by atoms with E-state index in [1.807, 2.05) is 67.6 Å². The van der Waals surface area contributed by atoms with Gasteiger partial charge in [0.2, 0.25) is 0 Å². The Balaban J connectivity index is 1.58. The average molecular weight is 391 g/mol. The van der Waals surface area contributed by atoms with Gasteiger partial charge in [-0.15, -0.1) is 0 Å². The van der Waals surface area contributed by atoms with E-state index in [0.717, 1.165) is 17.1 Å². The van der Waals surface area contributed by atoms with Gasteiger partial charge in [0.05, 0.1) is 12.2 Å². The summed E-state index contributed by atoms with van der Waals surface area (Å²) in [4.78, 5) is 12.5. The lowest BCUT2D eigenvalue weighted by Gasteiger charge is -2.13. The number of anilines is 3. The molecule has 28 heavy (non-hydrogen) atoms. The quantitative estimate of drug-likeness (QED) is 0.519. The molecule has 0 saturated carbocycles. The molecule has 0 saturated heterocycles. The maximum absolute atomic E-state index is 12.5. The molecule has 0 fully saturated rings. The van der Waals surface area contributed by atoms with E-state index in [1.54, 1.807) is 18.2 Å². The van der Waals surface area contributed by atoms with Gasteiger partial charge < -0.3 is 15.4 Å². The van der Waals surface area contributed by atoms with Crippen LogP contribution in [0, 0.1) is 0 Å². The Labute approximate surface area is 169 Å². The smallest absolute Gasteiger partial charge is 0.261 e. The third kappa shape index (κ3) is 5.31. The van der Waals surface area contributed by atoms with Gasteiger partial charge in [0.1, 0.15) is 5.75 Å². The maximum Gasteiger partial charge on any atom is 0.261 e. The van der Waals surface area contributed by atoms with Crippen LogP contribution in [0.1, 0.15) is 17.3 Å². The average Bonchev–Trinajstić information content (AvgIpc) is 2.71. The first-order chi connectivity index (χ1) is 13.7. The van der Waals surface area contributed by atoms with Crippen molar-refractivity contribution < 1.29 is 9.53 Å². The highest BCUT2D eigenvalue weighted by molar-refractivity contribution is 7.80. The minimum Gasteiger partial charge on any atom is -0.493 e. The molecular weight excluding hydrogens is 370 g/mol. The lowest BCUT2D eigenvalue weighted by molar-refractivity contribution is 0.0974. The van der Waals surface area contributed by atoms with E-state index >= 15 is 0 Å². The van der Waals surface area contributed by atoms with Crippen LogP contribution in [0.15, 0.2) is 78.9 Å². The monoisotopic (exact) mass is 391 g/mol. The summed E-state index contributed by atoms with van der Waals surface area (Å²) in [7, 11) is 0. The minimum absolute atomic E-state index is 0.222. The van der Waals surface area contributed by atoms with Crippen molar-refractivity contribution in [1.82, 2.24) is 5.32 Å². The SMILES string of the molecule is CCOc1ccccc1C(=O)NC(=S)Nc1ccc(Nc2ccccc2)cc1. The van der Waals surface area contributed by atoms with Crippen molar-refractivity contribution in [3.05, 3.63) is 84.4 Å². The first-order valence-electron chi connectivity index (χ1n) is 8.92. The molecule has 142 valence electrons. The molecule has 3 aromatic carbocycles. The highest BCUT2D eigenvalue weighted by Crippen LogP contribution is 2.19. The van der Waals surface area contributed by atoms with Crippen molar-refractivity contribution in [2.24, 2.45) is 0 Å². The summed E-state index contributed by atoms with van der Waals surface area (Å²) in [5.41, 5.74) is 3.19. The van der Waals surface area contributed by atoms with E-state index in [4.69, 9.17) is 17.0 Å². The number of benzene rings is 3. The molecule has 0 aliphatic heterocycles. The summed E-state index contributed by atoms with van der Waals surface area (Å²) in [5.74, 6) is 0.213. The lowest BCUT2D eigenvalue weighted by Crippen LogP contribution is -2.34. The fraction of sp³-hybridized carbons (Fsp3) is 0.0909. The molecule has 1 amide bonds. The van der Waals surface area contributed by atoms with Gasteiger partial charge in [-0.3, -0.25) is 10.1 Å². The molecule has 0 aliphatic rings. The molecule has 0 unspecified atom stereocenters. The van der Waals surface area contributed by atoms with Crippen LogP contribution in [0.4, 0.5) is 17.1 Å². The molecule has 0 spiro atoms. The minimum atomic E-state index is -0.316. The Morgan fingerprint density at radius 2 is 1.46 bits per heavy atom. The van der Waals surface area contributed by atoms with Crippen LogP contribution < -0.4 is 20.7 Å². The number of carbonyl (C=O) groups excluding carboxylic acids is 1. The van der Waals surface area contributed by atoms with Crippen molar-refractivity contribution >= 4 is 40.3 Å². The van der Waals surface area contributed by atoms with Gasteiger partial charge >= 0.3 is 0 Å². The van der Waals surface area contributed by atoms with Gasteiger partial charge in [0.15, 0.2) is 5.11 Å². The van der Waals surface area contributed by atoms with Gasteiger partial charge in [-0.1, -0.05) is 30.3 Å². The fourth-order valence-electron chi connectivity index (χ4n) is 2.59. The summed E-state index contributed by atoms with van der Waals surface area (Å²) in [6.07, 6.45) is 0. The molecule has 3 aromatic rings. The largest absolute Gasteiger partial charge is 0.493 e. The first-order valence-corrected chi connectivity index (χ1v) is 9.33. The number of para-hydroxylation sites is 2. The Hall–Kier alpha value is -3.38. The first kappa shape index (κ1) is 19.4. The third-order valence-corrected chi connectivity index (χ3v) is 4.07. The topological polar surface area (TPSA) is 62.4 Å². The standard InChI is InChI=1S/C22H21N3O2S/c1-2-27-20-11-7-6-10-19(20)21(26)25-22(28)24-18-14-12-17(13-15-18)23-16-8-4-3-5-9-16/h3-15,23H,2H2,1H3,(H2,24,25,26,28). The van der Waals surface area contributed by atoms with E-state index < -0.39 is 0 Å². The molecule has 0 bridgehead atoms. The molecule has 0 atom stereocenters. The fourth-order valence-corrected chi connectivity index (χ4v) is 2.80. The van der Waals surface area contributed by atoms with Crippen LogP contribution in [0.3, 0.4) is 0 Å². The zero-order valence-corrected chi connectivity index (χ0v) is 16.3. The summed E-state index contributed by atoms with van der Waals surface area (Å²) < 4.78 is 5.49. The van der Waals surface area contributed by atoms with Crippen LogP contribution in [0.2, 0.25) is 0 Å². The number of carbonyl (C=O) groups is 1. The Bertz CT molecular complexity index is 944. The third-order valence-electron chi connectivity index (χ3n) is 3.86. The number of hydrogen-bond donors (Lipinski definition) is 3. The second-order valence-electron chi connectivity index (χ2n) is 5.91. The summed E-state index contributed by atoms with van der Waals surface area (Å²) in [5, 5.41) is 9.23. The number of amides is 1. The zero-order chi connectivity index (χ0) is 19.8. The Kier molecular flexibility index (Phi) is 6.59. The molecule has 3 N–H and O–H groups in total. The van der Waals surface area contributed by atoms with Crippen LogP contribution in [0.5, 0.6) is 5.75 Å². The van der Waals surface area contributed by atoms with Crippen molar-refractivity contribution in [2.75, 3.05) is 17.2 Å². The van der Waals surface area contributed by atoms with Crippen molar-refractivity contribution in [3.63, 3.8) is 0 Å². The van der Waals surface area contributed by atoms with E-state index in [0.29, 0.717) is 17.9 Å². The summed E-state index contributed by atoms with van der Waals surface area (Å²) in [6, 6.07) is 24.6. The lowest BCUT2D eigenvalue weighted by atomic mass is 10.2. The molecular formula is C22H21N3O2S. The van der Waals surface area contributed by atoms with E-state index in [9.17, 15) is 4.79 Å². The number of thiocarbonyl (C=S) groups is 1. The molecule has 0 heterocycles. The van der Waals surface area contributed by atoms with Gasteiger partial charge in [-0.2, -0.15) is 0 Å². The van der Waals surface area contributed by atoms with Gasteiger partial charge in [-0.05, 0) is 67.7 Å². The Morgan fingerprint density at radius 1 is 0.857 bits per heavy atom. The van der Waals surface area contributed by atoms with Crippen LogP contribution in [0.25, 0.3) is 0 Å². The van der Waals surface area contributed by atoms with Crippen LogP contribution in [-0.4, -0.2) is 17.6 Å². The maximum atomic E-state index is 12.5. The van der Waals surface area contributed by atoms with Crippen LogP contribution >= 0.6 is 12.2 Å². The van der Waals surface area contributed by atoms with Crippen LogP contribution in [-0.2, 0) is 0 Å². The normalized spacial score (nSPS) is 10.0. The summed E-state index contributed by atoms with van der Waals surface area (Å²) in [6.45, 7) is 2.35. The molecule has 6 heteroatoms. The zero-order valence-electron chi connectivity index (χ0n) is 15.4. The highest BCUT2D eigenvalue weighted by atomic mass is 32.1. The van der Waals surface area contributed by atoms with Crippen molar-refractivity contribution in [3.8, 4) is 5.75 Å². The highest BCUT2D eigenvalue weighted by Gasteiger charge is 2.13. The van der Waals surface area contributed by atoms with Gasteiger partial charge in [0.25, 0.3) is 5.91 Å². The molecule has 0 aromatic heterocycles. The molecule has 0 aliphatic carbocycles.